The van der Waals surface area contributed by atoms with Crippen LogP contribution in [0, 0.1) is 5.41 Å². The predicted octanol–water partition coefficient (Wildman–Crippen LogP) is 4.78. The number of nitrogens with zero attached hydrogens (tertiary/aromatic N) is 3. The molecule has 6 heteroatoms. The van der Waals surface area contributed by atoms with Gasteiger partial charge in [0, 0.05) is 12.1 Å². The molecule has 1 heterocycles. The first kappa shape index (κ1) is 31.3. The maximum absolute atomic E-state index is 4.60. The number of rotatable bonds is 6. The van der Waals surface area contributed by atoms with Crippen molar-refractivity contribution in [3.63, 3.8) is 0 Å². The number of hydrogen-bond acceptors (Lipinski definition) is 2. The van der Waals surface area contributed by atoms with Crippen molar-refractivity contribution in [2.24, 2.45) is 15.4 Å². The van der Waals surface area contributed by atoms with E-state index in [1.54, 1.807) is 0 Å². The Kier molecular flexibility index (Phi) is 23.6. The Bertz CT molecular complexity index is 323. The molecule has 1 atom stereocenters. The van der Waals surface area contributed by atoms with Crippen molar-refractivity contribution in [3.8, 4) is 0 Å². The SMILES string of the molecule is CC(C)(C)C1CCCC[N-]1.CCN[C-]=NC(C)C.CCN[C-]=NC(C)C.[Mo+3]. The third kappa shape index (κ3) is 25.6. The van der Waals surface area contributed by atoms with Gasteiger partial charge in [-0.3, -0.25) is 0 Å². The summed E-state index contributed by atoms with van der Waals surface area (Å²) in [6.07, 6.45) is 9.42. The van der Waals surface area contributed by atoms with Gasteiger partial charge in [-0.1, -0.05) is 59.3 Å². The van der Waals surface area contributed by atoms with Gasteiger partial charge in [0.05, 0.1) is 0 Å². The minimum absolute atomic E-state index is 0. The maximum Gasteiger partial charge on any atom is 3.00 e. The zero-order chi connectivity index (χ0) is 20.4. The molecule has 0 aromatic heterocycles. The topological polar surface area (TPSA) is 62.9 Å². The largest absolute Gasteiger partial charge is 3.00 e. The zero-order valence-corrected chi connectivity index (χ0v) is 21.2. The Balaban J connectivity index is -0.000000318. The molecule has 0 amide bonds. The normalized spacial score (nSPS) is 17.1. The van der Waals surface area contributed by atoms with Crippen molar-refractivity contribution in [1.29, 1.82) is 0 Å². The van der Waals surface area contributed by atoms with Crippen LogP contribution in [0.1, 0.15) is 81.6 Å². The van der Waals surface area contributed by atoms with E-state index in [9.17, 15) is 0 Å². The van der Waals surface area contributed by atoms with Crippen LogP contribution in [0.25, 0.3) is 5.32 Å². The van der Waals surface area contributed by atoms with Gasteiger partial charge in [-0.2, -0.15) is 0 Å². The molecule has 159 valence electrons. The Labute approximate surface area is 184 Å². The molecule has 1 radical (unpaired) electrons. The molecule has 1 aliphatic heterocycles. The van der Waals surface area contributed by atoms with Gasteiger partial charge in [0.25, 0.3) is 0 Å². The van der Waals surface area contributed by atoms with E-state index in [-0.39, 0.29) is 21.1 Å². The Morgan fingerprint density at radius 2 is 1.37 bits per heavy atom. The summed E-state index contributed by atoms with van der Waals surface area (Å²) in [5.41, 5.74) is 0.403. The van der Waals surface area contributed by atoms with E-state index in [4.69, 9.17) is 0 Å². The minimum atomic E-state index is 0. The molecular weight excluding hydrogens is 418 g/mol. The van der Waals surface area contributed by atoms with Gasteiger partial charge in [0.1, 0.15) is 0 Å². The molecule has 0 spiro atoms. The van der Waals surface area contributed by atoms with Crippen LogP contribution in [0.3, 0.4) is 0 Å². The second-order valence-corrected chi connectivity index (χ2v) is 8.01. The summed E-state index contributed by atoms with van der Waals surface area (Å²) in [6, 6.07) is 1.34. The van der Waals surface area contributed by atoms with Gasteiger partial charge < -0.3 is 38.6 Å². The van der Waals surface area contributed by atoms with Gasteiger partial charge in [0.2, 0.25) is 0 Å². The van der Waals surface area contributed by atoms with Gasteiger partial charge >= 0.3 is 21.1 Å². The molecule has 2 N–H and O–H groups in total. The Hall–Kier alpha value is -0.412. The van der Waals surface area contributed by atoms with Crippen LogP contribution in [0.15, 0.2) is 9.98 Å². The standard InChI is InChI=1S/C9H18N.2C6H13N2.Mo/c1-9(2,3)8-6-4-5-7-10-8;2*1-4-7-5-8-6(2)3;/h8H,4-7H2,1-3H3;2*6H,4H2,1-3H3,(H,7,8);/q3*-1;+3. The van der Waals surface area contributed by atoms with E-state index < -0.39 is 0 Å². The summed E-state index contributed by atoms with van der Waals surface area (Å²) in [5, 5.41) is 10.3. The monoisotopic (exact) mass is 464 g/mol. The molecule has 27 heavy (non-hydrogen) atoms. The van der Waals surface area contributed by atoms with Crippen LogP contribution >= 0.6 is 0 Å². The summed E-state index contributed by atoms with van der Waals surface area (Å²) in [7, 11) is 0. The van der Waals surface area contributed by atoms with E-state index >= 15 is 0 Å². The van der Waals surface area contributed by atoms with Crippen molar-refractivity contribution >= 4 is 12.7 Å². The molecule has 0 aliphatic carbocycles. The third-order valence-corrected chi connectivity index (χ3v) is 3.39. The van der Waals surface area contributed by atoms with Crippen LogP contribution in [0.4, 0.5) is 0 Å². The average molecular weight is 463 g/mol. The summed E-state index contributed by atoms with van der Waals surface area (Å²) in [5.74, 6) is 0. The Morgan fingerprint density at radius 3 is 1.59 bits per heavy atom. The second-order valence-electron chi connectivity index (χ2n) is 8.01. The molecule has 0 aromatic rings. The summed E-state index contributed by atoms with van der Waals surface area (Å²) in [4.78, 5) is 7.91. The van der Waals surface area contributed by atoms with Gasteiger partial charge in [0.15, 0.2) is 0 Å². The average Bonchev–Trinajstić information content (AvgIpc) is 2.56. The van der Waals surface area contributed by atoms with Crippen molar-refractivity contribution < 1.29 is 21.1 Å². The first-order chi connectivity index (χ1) is 12.1. The van der Waals surface area contributed by atoms with E-state index in [0.717, 1.165) is 19.6 Å². The molecule has 1 unspecified atom stereocenters. The quantitative estimate of drug-likeness (QED) is 0.196. The summed E-state index contributed by atoms with van der Waals surface area (Å²) in [6.45, 7) is 21.9. The third-order valence-electron chi connectivity index (χ3n) is 3.39. The van der Waals surface area contributed by atoms with Crippen molar-refractivity contribution in [3.05, 3.63) is 5.32 Å². The van der Waals surface area contributed by atoms with E-state index in [2.05, 4.69) is 59.4 Å². The molecule has 0 saturated carbocycles. The number of nitrogens with one attached hydrogen (secondary N) is 2. The molecule has 1 saturated heterocycles. The van der Waals surface area contributed by atoms with Gasteiger partial charge in [-0.05, 0) is 40.8 Å². The van der Waals surface area contributed by atoms with Crippen LogP contribution in [-0.4, -0.2) is 50.4 Å². The smallest absolute Gasteiger partial charge is 0.659 e. The van der Waals surface area contributed by atoms with Crippen LogP contribution in [0.5, 0.6) is 0 Å². The zero-order valence-electron chi connectivity index (χ0n) is 19.2. The maximum atomic E-state index is 4.60. The van der Waals surface area contributed by atoms with Gasteiger partial charge in [-0.25, -0.2) is 0 Å². The molecule has 1 aliphatic rings. The van der Waals surface area contributed by atoms with E-state index in [0.29, 0.717) is 23.5 Å². The fourth-order valence-electron chi connectivity index (χ4n) is 2.00. The first-order valence-electron chi connectivity index (χ1n) is 10.2. The molecule has 0 aromatic carbocycles. The number of piperidine rings is 1. The van der Waals surface area contributed by atoms with Crippen molar-refractivity contribution in [2.45, 2.75) is 99.7 Å². The second kappa shape index (κ2) is 20.3. The molecule has 1 fully saturated rings. The van der Waals surface area contributed by atoms with Crippen molar-refractivity contribution in [1.82, 2.24) is 10.6 Å². The van der Waals surface area contributed by atoms with E-state index in [1.807, 2.05) is 41.5 Å². The van der Waals surface area contributed by atoms with Gasteiger partial charge in [-0.15, -0.1) is 12.6 Å². The number of aliphatic imine (C=N–C) groups is 2. The van der Waals surface area contributed by atoms with Crippen LogP contribution in [0.2, 0.25) is 0 Å². The Morgan fingerprint density at radius 1 is 0.926 bits per heavy atom. The molecule has 5 nitrogen and oxygen atoms in total. The van der Waals surface area contributed by atoms with E-state index in [1.165, 1.54) is 19.3 Å². The molecule has 0 bridgehead atoms. The fraction of sp³-hybridized carbons (Fsp3) is 0.905. The van der Waals surface area contributed by atoms with Crippen LogP contribution in [-0.2, 0) is 21.1 Å². The minimum Gasteiger partial charge on any atom is -0.659 e. The molecule has 1 rings (SSSR count). The first-order valence-corrected chi connectivity index (χ1v) is 10.2. The summed E-state index contributed by atoms with van der Waals surface area (Å²) >= 11 is 0. The van der Waals surface area contributed by atoms with Crippen molar-refractivity contribution in [2.75, 3.05) is 19.6 Å². The fourth-order valence-corrected chi connectivity index (χ4v) is 2.00. The number of hydrogen-bond donors (Lipinski definition) is 2. The summed E-state index contributed by atoms with van der Waals surface area (Å²) < 4.78 is 0. The predicted molar refractivity (Wildman–Crippen MR) is 118 cm³/mol. The molecular formula is C21H44MoN5. The van der Waals surface area contributed by atoms with Crippen LogP contribution < -0.4 is 10.6 Å².